The topological polar surface area (TPSA) is 0 Å². The zero-order chi connectivity index (χ0) is 6.27. The third-order valence-electron chi connectivity index (χ3n) is 2.63. The fraction of sp³-hybridized carbons (Fsp3) is 1.00. The van der Waals surface area contributed by atoms with Gasteiger partial charge in [0.05, 0.1) is 0 Å². The molecule has 2 fully saturated rings. The summed E-state index contributed by atoms with van der Waals surface area (Å²) < 4.78 is 0. The Balaban J connectivity index is 2.02. The van der Waals surface area contributed by atoms with Crippen LogP contribution in [-0.2, 0) is 0 Å². The number of rotatable bonds is 0. The second-order valence-corrected chi connectivity index (χ2v) is 5.09. The minimum absolute atomic E-state index is 0.972. The molecule has 0 spiro atoms. The lowest BCUT2D eigenvalue weighted by Gasteiger charge is -2.03. The quantitative estimate of drug-likeness (QED) is 0.501. The fourth-order valence-electron chi connectivity index (χ4n) is 2.23. The second kappa shape index (κ2) is 2.19. The van der Waals surface area contributed by atoms with Crippen LogP contribution in [0, 0.1) is 5.92 Å². The van der Waals surface area contributed by atoms with Crippen molar-refractivity contribution in [3.05, 3.63) is 0 Å². The van der Waals surface area contributed by atoms with E-state index < -0.39 is 0 Å². The minimum Gasteiger partial charge on any atom is -0.155 e. The SMILES string of the molecule is C[C@@H]1C[C@@H]2CCC[C@@H]2S1. The van der Waals surface area contributed by atoms with Crippen LogP contribution in [0.15, 0.2) is 0 Å². The highest BCUT2D eigenvalue weighted by molar-refractivity contribution is 8.00. The lowest BCUT2D eigenvalue weighted by molar-refractivity contribution is 0.542. The molecule has 1 heteroatoms. The van der Waals surface area contributed by atoms with E-state index in [2.05, 4.69) is 18.7 Å². The highest BCUT2D eigenvalue weighted by atomic mass is 32.2. The Kier molecular flexibility index (Phi) is 1.48. The Morgan fingerprint density at radius 2 is 2.22 bits per heavy atom. The number of hydrogen-bond acceptors (Lipinski definition) is 1. The van der Waals surface area contributed by atoms with Crippen molar-refractivity contribution in [3.8, 4) is 0 Å². The lowest BCUT2D eigenvalue weighted by Crippen LogP contribution is -2.00. The van der Waals surface area contributed by atoms with Crippen molar-refractivity contribution in [1.29, 1.82) is 0 Å². The summed E-state index contributed by atoms with van der Waals surface area (Å²) >= 11 is 2.24. The maximum absolute atomic E-state index is 2.38. The van der Waals surface area contributed by atoms with Gasteiger partial charge >= 0.3 is 0 Å². The van der Waals surface area contributed by atoms with Crippen molar-refractivity contribution in [2.24, 2.45) is 5.92 Å². The van der Waals surface area contributed by atoms with Gasteiger partial charge in [0.25, 0.3) is 0 Å². The van der Waals surface area contributed by atoms with E-state index in [0.717, 1.165) is 16.4 Å². The zero-order valence-electron chi connectivity index (χ0n) is 5.97. The van der Waals surface area contributed by atoms with Crippen molar-refractivity contribution in [2.45, 2.75) is 43.1 Å². The van der Waals surface area contributed by atoms with Crippen LogP contribution in [0.4, 0.5) is 0 Å². The van der Waals surface area contributed by atoms with Gasteiger partial charge in [0, 0.05) is 10.5 Å². The van der Waals surface area contributed by atoms with Gasteiger partial charge in [0.2, 0.25) is 0 Å². The van der Waals surface area contributed by atoms with Gasteiger partial charge in [-0.15, -0.1) is 0 Å². The molecule has 0 bridgehead atoms. The van der Waals surface area contributed by atoms with Crippen LogP contribution in [0.25, 0.3) is 0 Å². The first-order valence-electron chi connectivity index (χ1n) is 4.02. The van der Waals surface area contributed by atoms with Crippen LogP contribution >= 0.6 is 11.8 Å². The van der Waals surface area contributed by atoms with Crippen molar-refractivity contribution in [1.82, 2.24) is 0 Å². The van der Waals surface area contributed by atoms with Gasteiger partial charge in [-0.2, -0.15) is 11.8 Å². The lowest BCUT2D eigenvalue weighted by atomic mass is 10.0. The Morgan fingerprint density at radius 3 is 3.00 bits per heavy atom. The largest absolute Gasteiger partial charge is 0.155 e. The van der Waals surface area contributed by atoms with Crippen LogP contribution in [-0.4, -0.2) is 10.5 Å². The molecule has 0 radical (unpaired) electrons. The van der Waals surface area contributed by atoms with Gasteiger partial charge in [-0.1, -0.05) is 13.3 Å². The molecule has 1 saturated heterocycles. The molecular weight excluding hydrogens is 128 g/mol. The third-order valence-corrected chi connectivity index (χ3v) is 4.26. The predicted molar refractivity (Wildman–Crippen MR) is 42.8 cm³/mol. The summed E-state index contributed by atoms with van der Waals surface area (Å²) in [5, 5.41) is 2.04. The maximum atomic E-state index is 2.38. The summed E-state index contributed by atoms with van der Waals surface area (Å²) in [6.07, 6.45) is 6.06. The molecule has 1 heterocycles. The summed E-state index contributed by atoms with van der Waals surface area (Å²) in [7, 11) is 0. The molecule has 0 unspecified atom stereocenters. The maximum Gasteiger partial charge on any atom is 0.00784 e. The van der Waals surface area contributed by atoms with Crippen LogP contribution in [0.5, 0.6) is 0 Å². The van der Waals surface area contributed by atoms with Crippen molar-refractivity contribution in [2.75, 3.05) is 0 Å². The molecule has 1 aliphatic carbocycles. The average molecular weight is 142 g/mol. The smallest absolute Gasteiger partial charge is 0.00784 e. The minimum atomic E-state index is 0.972. The Hall–Kier alpha value is 0.350. The average Bonchev–Trinajstić information content (AvgIpc) is 2.22. The van der Waals surface area contributed by atoms with Gasteiger partial charge in [0.15, 0.2) is 0 Å². The first-order valence-corrected chi connectivity index (χ1v) is 4.96. The number of fused-ring (bicyclic) bond motifs is 1. The van der Waals surface area contributed by atoms with Crippen LogP contribution in [0.1, 0.15) is 32.6 Å². The normalized spacial score (nSPS) is 49.7. The molecule has 0 nitrogen and oxygen atoms in total. The van der Waals surface area contributed by atoms with Crippen molar-refractivity contribution >= 4 is 11.8 Å². The number of thioether (sulfide) groups is 1. The zero-order valence-corrected chi connectivity index (χ0v) is 6.79. The molecular formula is C8H14S. The molecule has 1 saturated carbocycles. The van der Waals surface area contributed by atoms with E-state index >= 15 is 0 Å². The summed E-state index contributed by atoms with van der Waals surface area (Å²) in [6.45, 7) is 2.38. The molecule has 0 aromatic carbocycles. The second-order valence-electron chi connectivity index (χ2n) is 3.41. The van der Waals surface area contributed by atoms with E-state index in [-0.39, 0.29) is 0 Å². The van der Waals surface area contributed by atoms with E-state index in [1.807, 2.05) is 0 Å². The van der Waals surface area contributed by atoms with Gasteiger partial charge in [0.1, 0.15) is 0 Å². The highest BCUT2D eigenvalue weighted by Crippen LogP contribution is 2.47. The molecule has 0 aromatic heterocycles. The molecule has 2 rings (SSSR count). The van der Waals surface area contributed by atoms with E-state index in [0.29, 0.717) is 0 Å². The third kappa shape index (κ3) is 1.000. The van der Waals surface area contributed by atoms with E-state index in [9.17, 15) is 0 Å². The van der Waals surface area contributed by atoms with Gasteiger partial charge in [-0.3, -0.25) is 0 Å². The standard InChI is InChI=1S/C8H14S/c1-6-5-7-3-2-4-8(7)9-6/h6-8H,2-5H2,1H3/t6-,7+,8+/m1/s1. The number of hydrogen-bond donors (Lipinski definition) is 0. The molecule has 0 aromatic rings. The molecule has 2 aliphatic rings. The van der Waals surface area contributed by atoms with Gasteiger partial charge in [-0.25, -0.2) is 0 Å². The molecule has 9 heavy (non-hydrogen) atoms. The molecule has 52 valence electrons. The fourth-order valence-corrected chi connectivity index (χ4v) is 3.96. The summed E-state index contributed by atoms with van der Waals surface area (Å²) in [4.78, 5) is 0. The summed E-state index contributed by atoms with van der Waals surface area (Å²) in [5.74, 6) is 1.12. The highest BCUT2D eigenvalue weighted by Gasteiger charge is 2.35. The van der Waals surface area contributed by atoms with Crippen LogP contribution in [0.2, 0.25) is 0 Å². The molecule has 0 N–H and O–H groups in total. The Labute approximate surface area is 61.4 Å². The van der Waals surface area contributed by atoms with Gasteiger partial charge in [-0.05, 0) is 25.2 Å². The summed E-state index contributed by atoms with van der Waals surface area (Å²) in [5.41, 5.74) is 0. The Morgan fingerprint density at radius 1 is 1.33 bits per heavy atom. The van der Waals surface area contributed by atoms with Crippen molar-refractivity contribution < 1.29 is 0 Å². The van der Waals surface area contributed by atoms with Gasteiger partial charge < -0.3 is 0 Å². The van der Waals surface area contributed by atoms with E-state index in [1.165, 1.54) is 25.7 Å². The molecule has 0 amide bonds. The van der Waals surface area contributed by atoms with E-state index in [1.54, 1.807) is 0 Å². The first kappa shape index (κ1) is 6.09. The molecule has 3 atom stereocenters. The Bertz CT molecular complexity index is 99.1. The monoisotopic (exact) mass is 142 g/mol. The summed E-state index contributed by atoms with van der Waals surface area (Å²) in [6, 6.07) is 0. The first-order chi connectivity index (χ1) is 4.36. The van der Waals surface area contributed by atoms with E-state index in [4.69, 9.17) is 0 Å². The van der Waals surface area contributed by atoms with Crippen LogP contribution in [0.3, 0.4) is 0 Å². The molecule has 1 aliphatic heterocycles. The van der Waals surface area contributed by atoms with Crippen molar-refractivity contribution in [3.63, 3.8) is 0 Å². The van der Waals surface area contributed by atoms with Crippen LogP contribution < -0.4 is 0 Å². The predicted octanol–water partition coefficient (Wildman–Crippen LogP) is 2.68.